The molecule has 1 saturated carbocycles. The molecule has 4 heteroatoms. The molecule has 1 aliphatic rings. The quantitative estimate of drug-likeness (QED) is 0.879. The van der Waals surface area contributed by atoms with Gasteiger partial charge >= 0.3 is 0 Å². The fourth-order valence-electron chi connectivity index (χ4n) is 2.69. The number of nitrogens with one attached hydrogen (secondary N) is 1. The first-order valence-corrected chi connectivity index (χ1v) is 7.69. The van der Waals surface area contributed by atoms with Crippen molar-refractivity contribution in [1.82, 2.24) is 9.97 Å². The lowest BCUT2D eigenvalue weighted by Gasteiger charge is -2.35. The maximum atomic E-state index is 6.02. The standard InChI is InChI=1S/C16H28N4/c1-10(2)14-19-13(17)11(3)15(20-14)18-12-6-8-16(4,5)9-7-12/h10,12H,6-9H2,1-5H3,(H3,17,18,19,20). The van der Waals surface area contributed by atoms with E-state index in [9.17, 15) is 0 Å². The second kappa shape index (κ2) is 5.58. The Hall–Kier alpha value is -1.32. The van der Waals surface area contributed by atoms with Gasteiger partial charge in [0.1, 0.15) is 17.5 Å². The first-order chi connectivity index (χ1) is 9.28. The molecule has 0 unspecified atom stereocenters. The summed E-state index contributed by atoms with van der Waals surface area (Å²) >= 11 is 0. The molecule has 3 N–H and O–H groups in total. The van der Waals surface area contributed by atoms with Gasteiger partial charge in [0.25, 0.3) is 0 Å². The monoisotopic (exact) mass is 276 g/mol. The van der Waals surface area contributed by atoms with Crippen molar-refractivity contribution >= 4 is 11.6 Å². The molecule has 0 atom stereocenters. The number of rotatable bonds is 3. The van der Waals surface area contributed by atoms with Crippen molar-refractivity contribution in [1.29, 1.82) is 0 Å². The number of nitrogens with zero attached hydrogens (tertiary/aromatic N) is 2. The Kier molecular flexibility index (Phi) is 4.21. The average molecular weight is 276 g/mol. The minimum absolute atomic E-state index is 0.295. The van der Waals surface area contributed by atoms with Gasteiger partial charge < -0.3 is 11.1 Å². The molecule has 1 aliphatic carbocycles. The third-order valence-electron chi connectivity index (χ3n) is 4.40. The zero-order chi connectivity index (χ0) is 14.9. The van der Waals surface area contributed by atoms with Crippen LogP contribution in [0.2, 0.25) is 0 Å². The summed E-state index contributed by atoms with van der Waals surface area (Å²) in [6, 6.07) is 0.510. The number of aromatic nitrogens is 2. The topological polar surface area (TPSA) is 63.8 Å². The Morgan fingerprint density at radius 3 is 2.35 bits per heavy atom. The molecule has 1 aromatic heterocycles. The van der Waals surface area contributed by atoms with E-state index in [1.54, 1.807) is 0 Å². The van der Waals surface area contributed by atoms with Crippen LogP contribution in [0.3, 0.4) is 0 Å². The molecule has 1 aromatic rings. The summed E-state index contributed by atoms with van der Waals surface area (Å²) in [6.07, 6.45) is 4.93. The van der Waals surface area contributed by atoms with E-state index in [0.29, 0.717) is 23.2 Å². The van der Waals surface area contributed by atoms with E-state index in [-0.39, 0.29) is 0 Å². The van der Waals surface area contributed by atoms with E-state index in [0.717, 1.165) is 17.2 Å². The molecule has 2 rings (SSSR count). The van der Waals surface area contributed by atoms with Crippen LogP contribution in [0.15, 0.2) is 0 Å². The van der Waals surface area contributed by atoms with Crippen LogP contribution in [-0.2, 0) is 0 Å². The van der Waals surface area contributed by atoms with E-state index < -0.39 is 0 Å². The van der Waals surface area contributed by atoms with Crippen LogP contribution in [0.4, 0.5) is 11.6 Å². The van der Waals surface area contributed by atoms with E-state index in [1.807, 2.05) is 6.92 Å². The Morgan fingerprint density at radius 2 is 1.80 bits per heavy atom. The SMILES string of the molecule is Cc1c(N)nc(C(C)C)nc1NC1CCC(C)(C)CC1. The van der Waals surface area contributed by atoms with Crippen molar-refractivity contribution in [3.05, 3.63) is 11.4 Å². The molecule has 0 aliphatic heterocycles. The second-order valence-electron chi connectivity index (χ2n) is 7.18. The van der Waals surface area contributed by atoms with Gasteiger partial charge in [-0.25, -0.2) is 9.97 Å². The van der Waals surface area contributed by atoms with Crippen molar-refractivity contribution in [2.45, 2.75) is 72.3 Å². The van der Waals surface area contributed by atoms with Crippen LogP contribution in [-0.4, -0.2) is 16.0 Å². The predicted octanol–water partition coefficient (Wildman–Crippen LogP) is 3.87. The van der Waals surface area contributed by atoms with Gasteiger partial charge in [0, 0.05) is 17.5 Å². The lowest BCUT2D eigenvalue weighted by atomic mass is 9.75. The smallest absolute Gasteiger partial charge is 0.135 e. The van der Waals surface area contributed by atoms with Gasteiger partial charge in [0.05, 0.1) is 0 Å². The molecule has 1 fully saturated rings. The lowest BCUT2D eigenvalue weighted by Crippen LogP contribution is -2.30. The molecule has 0 radical (unpaired) electrons. The lowest BCUT2D eigenvalue weighted by molar-refractivity contribution is 0.232. The van der Waals surface area contributed by atoms with E-state index in [1.165, 1.54) is 25.7 Å². The Balaban J connectivity index is 2.13. The number of nitrogens with two attached hydrogens (primary N) is 1. The van der Waals surface area contributed by atoms with Crippen molar-refractivity contribution < 1.29 is 0 Å². The molecule has 20 heavy (non-hydrogen) atoms. The summed E-state index contributed by atoms with van der Waals surface area (Å²) in [5.41, 5.74) is 7.47. The molecular weight excluding hydrogens is 248 g/mol. The molecule has 0 spiro atoms. The number of anilines is 2. The molecule has 1 heterocycles. The summed E-state index contributed by atoms with van der Waals surface area (Å²) in [4.78, 5) is 9.04. The van der Waals surface area contributed by atoms with Gasteiger partial charge in [0.2, 0.25) is 0 Å². The highest BCUT2D eigenvalue weighted by Crippen LogP contribution is 2.36. The molecule has 0 amide bonds. The highest BCUT2D eigenvalue weighted by molar-refractivity contribution is 5.55. The Labute approximate surface area is 122 Å². The van der Waals surface area contributed by atoms with E-state index in [2.05, 4.69) is 43.0 Å². The molecule has 112 valence electrons. The Morgan fingerprint density at radius 1 is 1.20 bits per heavy atom. The van der Waals surface area contributed by atoms with Crippen molar-refractivity contribution in [3.8, 4) is 0 Å². The van der Waals surface area contributed by atoms with E-state index >= 15 is 0 Å². The highest BCUT2D eigenvalue weighted by Gasteiger charge is 2.27. The predicted molar refractivity (Wildman–Crippen MR) is 84.9 cm³/mol. The van der Waals surface area contributed by atoms with Crippen LogP contribution in [0, 0.1) is 12.3 Å². The molecule has 4 nitrogen and oxygen atoms in total. The summed E-state index contributed by atoms with van der Waals surface area (Å²) in [5, 5.41) is 3.59. The number of hydrogen-bond acceptors (Lipinski definition) is 4. The first kappa shape index (κ1) is 15.1. The molecular formula is C16H28N4. The first-order valence-electron chi connectivity index (χ1n) is 7.69. The molecule has 0 aromatic carbocycles. The number of nitrogen functional groups attached to an aromatic ring is 1. The number of hydrogen-bond donors (Lipinski definition) is 2. The third-order valence-corrected chi connectivity index (χ3v) is 4.40. The minimum atomic E-state index is 0.295. The van der Waals surface area contributed by atoms with Crippen LogP contribution in [0.5, 0.6) is 0 Å². The van der Waals surface area contributed by atoms with E-state index in [4.69, 9.17) is 5.73 Å². The van der Waals surface area contributed by atoms with Crippen LogP contribution >= 0.6 is 0 Å². The van der Waals surface area contributed by atoms with Crippen molar-refractivity contribution in [2.24, 2.45) is 5.41 Å². The van der Waals surface area contributed by atoms with Crippen molar-refractivity contribution in [2.75, 3.05) is 11.1 Å². The third kappa shape index (κ3) is 3.41. The maximum absolute atomic E-state index is 6.02. The largest absolute Gasteiger partial charge is 0.383 e. The summed E-state index contributed by atoms with van der Waals surface area (Å²) in [5.74, 6) is 2.64. The highest BCUT2D eigenvalue weighted by atomic mass is 15.1. The van der Waals surface area contributed by atoms with Gasteiger partial charge in [-0.2, -0.15) is 0 Å². The molecule has 0 saturated heterocycles. The zero-order valence-electron chi connectivity index (χ0n) is 13.5. The minimum Gasteiger partial charge on any atom is -0.383 e. The normalized spacial score (nSPS) is 19.3. The van der Waals surface area contributed by atoms with Gasteiger partial charge in [-0.1, -0.05) is 27.7 Å². The fraction of sp³-hybridized carbons (Fsp3) is 0.750. The van der Waals surface area contributed by atoms with Gasteiger partial charge in [-0.15, -0.1) is 0 Å². The zero-order valence-corrected chi connectivity index (χ0v) is 13.5. The van der Waals surface area contributed by atoms with Crippen molar-refractivity contribution in [3.63, 3.8) is 0 Å². The molecule has 0 bridgehead atoms. The van der Waals surface area contributed by atoms with Crippen LogP contribution < -0.4 is 11.1 Å². The Bertz CT molecular complexity index is 470. The van der Waals surface area contributed by atoms with Gasteiger partial charge in [-0.3, -0.25) is 0 Å². The fourth-order valence-corrected chi connectivity index (χ4v) is 2.69. The summed E-state index contributed by atoms with van der Waals surface area (Å²) in [7, 11) is 0. The van der Waals surface area contributed by atoms with Gasteiger partial charge in [0.15, 0.2) is 0 Å². The van der Waals surface area contributed by atoms with Crippen LogP contribution in [0.25, 0.3) is 0 Å². The maximum Gasteiger partial charge on any atom is 0.135 e. The second-order valence-corrected chi connectivity index (χ2v) is 7.18. The van der Waals surface area contributed by atoms with Crippen LogP contribution in [0.1, 0.15) is 70.7 Å². The van der Waals surface area contributed by atoms with Gasteiger partial charge in [-0.05, 0) is 38.0 Å². The average Bonchev–Trinajstić information content (AvgIpc) is 2.36. The summed E-state index contributed by atoms with van der Waals surface area (Å²) < 4.78 is 0. The summed E-state index contributed by atoms with van der Waals surface area (Å²) in [6.45, 7) is 10.9.